The summed E-state index contributed by atoms with van der Waals surface area (Å²) in [4.78, 5) is 28.6. The van der Waals surface area contributed by atoms with Crippen LogP contribution in [0.4, 0.5) is 11.4 Å². The molecule has 3 fully saturated rings. The summed E-state index contributed by atoms with van der Waals surface area (Å²) in [7, 11) is -1.78. The van der Waals surface area contributed by atoms with Crippen LogP contribution in [0.5, 0.6) is 0 Å². The van der Waals surface area contributed by atoms with E-state index in [1.54, 1.807) is 20.6 Å². The van der Waals surface area contributed by atoms with Crippen molar-refractivity contribution < 1.29 is 18.0 Å². The first-order valence-corrected chi connectivity index (χ1v) is 13.4. The molecule has 1 aliphatic carbocycles. The van der Waals surface area contributed by atoms with Gasteiger partial charge < -0.3 is 10.2 Å². The number of piperazine rings is 1. The van der Waals surface area contributed by atoms with Crippen LogP contribution >= 0.6 is 0 Å². The molecule has 0 spiro atoms. The van der Waals surface area contributed by atoms with Crippen molar-refractivity contribution in [3.05, 3.63) is 24.3 Å². The van der Waals surface area contributed by atoms with Gasteiger partial charge in [-0.1, -0.05) is 31.4 Å². The zero-order chi connectivity index (χ0) is 23.4. The molecule has 1 aromatic carbocycles. The normalized spacial score (nSPS) is 21.6. The van der Waals surface area contributed by atoms with Crippen LogP contribution in [0, 0.1) is 0 Å². The Balaban J connectivity index is 1.30. The van der Waals surface area contributed by atoms with Crippen molar-refractivity contribution in [2.24, 2.45) is 0 Å². The molecule has 3 aliphatic rings. The van der Waals surface area contributed by atoms with E-state index in [1.807, 2.05) is 29.2 Å². The maximum absolute atomic E-state index is 13.1. The smallest absolute Gasteiger partial charge is 0.282 e. The van der Waals surface area contributed by atoms with E-state index >= 15 is 0 Å². The molecule has 0 radical (unpaired) electrons. The van der Waals surface area contributed by atoms with Crippen molar-refractivity contribution in [1.29, 1.82) is 0 Å². The van der Waals surface area contributed by atoms with Crippen molar-refractivity contribution in [3.8, 4) is 0 Å². The van der Waals surface area contributed by atoms with Gasteiger partial charge in [-0.2, -0.15) is 17.0 Å². The Morgan fingerprint density at radius 1 is 1.03 bits per heavy atom. The van der Waals surface area contributed by atoms with Gasteiger partial charge in [0.1, 0.15) is 0 Å². The average Bonchev–Trinajstić information content (AvgIpc) is 3.25. The molecule has 1 aromatic rings. The Hall–Kier alpha value is -2.01. The number of benzene rings is 1. The van der Waals surface area contributed by atoms with Crippen LogP contribution in [-0.4, -0.2) is 86.1 Å². The largest absolute Gasteiger partial charge is 0.323 e. The Bertz CT molecular complexity index is 955. The minimum Gasteiger partial charge on any atom is -0.323 e. The molecule has 0 aromatic heterocycles. The van der Waals surface area contributed by atoms with Gasteiger partial charge in [0.2, 0.25) is 11.8 Å². The molecule has 4 rings (SSSR count). The second-order valence-corrected chi connectivity index (χ2v) is 11.2. The molecule has 1 N–H and O–H groups in total. The maximum Gasteiger partial charge on any atom is 0.282 e. The number of para-hydroxylation sites is 2. The minimum absolute atomic E-state index is 0.0761. The highest BCUT2D eigenvalue weighted by Gasteiger charge is 2.35. The number of nitrogens with one attached hydrogen (secondary N) is 1. The first-order valence-electron chi connectivity index (χ1n) is 12.0. The topological polar surface area (TPSA) is 93.3 Å². The molecule has 0 bridgehead atoms. The molecule has 182 valence electrons. The Kier molecular flexibility index (Phi) is 7.68. The lowest BCUT2D eigenvalue weighted by atomic mass is 9.96. The summed E-state index contributed by atoms with van der Waals surface area (Å²) in [5, 5.41) is 2.94. The molecule has 0 unspecified atom stereocenters. The third-order valence-corrected chi connectivity index (χ3v) is 9.06. The van der Waals surface area contributed by atoms with Crippen molar-refractivity contribution in [2.45, 2.75) is 51.0 Å². The van der Waals surface area contributed by atoms with E-state index in [9.17, 15) is 18.0 Å². The molecule has 10 heteroatoms. The molecule has 2 saturated heterocycles. The highest BCUT2D eigenvalue weighted by molar-refractivity contribution is 7.86. The zero-order valence-corrected chi connectivity index (χ0v) is 20.2. The molecule has 2 heterocycles. The first-order chi connectivity index (χ1) is 15.9. The quantitative estimate of drug-likeness (QED) is 0.647. The van der Waals surface area contributed by atoms with E-state index in [0.717, 1.165) is 37.8 Å². The number of hydrogen-bond donors (Lipinski definition) is 1. The van der Waals surface area contributed by atoms with E-state index in [1.165, 1.54) is 6.42 Å². The lowest BCUT2D eigenvalue weighted by molar-refractivity contribution is -0.118. The fourth-order valence-corrected chi connectivity index (χ4v) is 6.62. The number of amides is 2. The molecular formula is C23H35N5O4S. The summed E-state index contributed by atoms with van der Waals surface area (Å²) < 4.78 is 29.2. The van der Waals surface area contributed by atoms with Gasteiger partial charge in [0, 0.05) is 52.2 Å². The summed E-state index contributed by atoms with van der Waals surface area (Å²) in [6.07, 6.45) is 6.57. The summed E-state index contributed by atoms with van der Waals surface area (Å²) in [6.45, 7) is 2.64. The molecule has 33 heavy (non-hydrogen) atoms. The van der Waals surface area contributed by atoms with Crippen LogP contribution in [0.25, 0.3) is 0 Å². The maximum atomic E-state index is 13.1. The number of nitrogens with zero attached hydrogens (tertiary/aromatic N) is 4. The van der Waals surface area contributed by atoms with Crippen molar-refractivity contribution in [3.63, 3.8) is 0 Å². The van der Waals surface area contributed by atoms with Gasteiger partial charge in [-0.05, 0) is 31.4 Å². The molecule has 2 amide bonds. The Morgan fingerprint density at radius 3 is 2.39 bits per heavy atom. The van der Waals surface area contributed by atoms with Gasteiger partial charge in [-0.15, -0.1) is 0 Å². The Labute approximate surface area is 196 Å². The molecular weight excluding hydrogens is 442 g/mol. The van der Waals surface area contributed by atoms with Gasteiger partial charge in [-0.3, -0.25) is 14.5 Å². The second kappa shape index (κ2) is 10.5. The fourth-order valence-electron chi connectivity index (χ4n) is 5.04. The molecule has 2 aliphatic heterocycles. The summed E-state index contributed by atoms with van der Waals surface area (Å²) >= 11 is 0. The van der Waals surface area contributed by atoms with Gasteiger partial charge in [0.15, 0.2) is 0 Å². The average molecular weight is 478 g/mol. The third-order valence-electron chi connectivity index (χ3n) is 7.02. The van der Waals surface area contributed by atoms with Crippen LogP contribution in [0.3, 0.4) is 0 Å². The minimum atomic E-state index is -3.48. The first kappa shape index (κ1) is 24.1. The number of carbonyl (C=O) groups excluding carboxylic acids is 2. The van der Waals surface area contributed by atoms with Crippen molar-refractivity contribution in [2.75, 3.05) is 56.5 Å². The summed E-state index contributed by atoms with van der Waals surface area (Å²) in [6, 6.07) is 7.46. The van der Waals surface area contributed by atoms with Gasteiger partial charge >= 0.3 is 0 Å². The third kappa shape index (κ3) is 5.56. The van der Waals surface area contributed by atoms with Crippen molar-refractivity contribution in [1.82, 2.24) is 13.5 Å². The number of anilines is 2. The predicted octanol–water partition coefficient (Wildman–Crippen LogP) is 1.88. The SMILES string of the molecule is CN(C1CCCCC1)S(=O)(=O)N1CCN(CC(=O)Nc2ccccc2N2CCCC2=O)CC1. The zero-order valence-electron chi connectivity index (χ0n) is 19.4. The molecule has 9 nitrogen and oxygen atoms in total. The molecule has 0 atom stereocenters. The molecule has 1 saturated carbocycles. The van der Waals surface area contributed by atoms with Gasteiger partial charge in [0.05, 0.1) is 17.9 Å². The summed E-state index contributed by atoms with van der Waals surface area (Å²) in [5.74, 6) is -0.0862. The van der Waals surface area contributed by atoms with Crippen LogP contribution < -0.4 is 10.2 Å². The predicted molar refractivity (Wildman–Crippen MR) is 128 cm³/mol. The van der Waals surface area contributed by atoms with Gasteiger partial charge in [-0.25, -0.2) is 0 Å². The number of rotatable bonds is 7. The monoisotopic (exact) mass is 477 g/mol. The highest BCUT2D eigenvalue weighted by atomic mass is 32.2. The Morgan fingerprint density at radius 2 is 1.73 bits per heavy atom. The lowest BCUT2D eigenvalue weighted by Gasteiger charge is -2.38. The second-order valence-electron chi connectivity index (χ2n) is 9.21. The van der Waals surface area contributed by atoms with Gasteiger partial charge in [0.25, 0.3) is 10.2 Å². The van der Waals surface area contributed by atoms with E-state index in [4.69, 9.17) is 0 Å². The number of hydrogen-bond acceptors (Lipinski definition) is 5. The fraction of sp³-hybridized carbons (Fsp3) is 0.652. The van der Waals surface area contributed by atoms with Crippen LogP contribution in [-0.2, 0) is 19.8 Å². The summed E-state index contributed by atoms with van der Waals surface area (Å²) in [5.41, 5.74) is 1.36. The van der Waals surface area contributed by atoms with E-state index in [2.05, 4.69) is 5.32 Å². The lowest BCUT2D eigenvalue weighted by Crippen LogP contribution is -2.55. The van der Waals surface area contributed by atoms with Crippen LogP contribution in [0.1, 0.15) is 44.9 Å². The van der Waals surface area contributed by atoms with E-state index in [0.29, 0.717) is 44.8 Å². The standard InChI is InChI=1S/C23H35N5O4S/c1-25(19-8-3-2-4-9-19)33(31,32)27-16-14-26(15-17-27)18-22(29)24-20-10-5-6-11-21(20)28-13-7-12-23(28)30/h5-6,10-11,19H,2-4,7-9,12-18H2,1H3,(H,24,29). The number of carbonyl (C=O) groups is 2. The van der Waals surface area contributed by atoms with Crippen LogP contribution in [0.15, 0.2) is 24.3 Å². The van der Waals surface area contributed by atoms with Crippen molar-refractivity contribution >= 4 is 33.4 Å². The van der Waals surface area contributed by atoms with E-state index in [-0.39, 0.29) is 24.4 Å². The highest BCUT2D eigenvalue weighted by Crippen LogP contribution is 2.29. The van der Waals surface area contributed by atoms with Crippen LogP contribution in [0.2, 0.25) is 0 Å². The van der Waals surface area contributed by atoms with E-state index < -0.39 is 10.2 Å².